The van der Waals surface area contributed by atoms with E-state index < -0.39 is 18.0 Å². The van der Waals surface area contributed by atoms with E-state index >= 15 is 0 Å². The zero-order chi connectivity index (χ0) is 20.4. The average molecular weight is 404 g/mol. The van der Waals surface area contributed by atoms with E-state index in [4.69, 9.17) is 14.7 Å². The molecule has 0 spiro atoms. The standard InChI is InChI=1S/C22H16N2O4S/c1-13(21(25)24-17-8-4-2-6-14(17)11-23)28-22(26)19-10-15-12-27-18-9-5-3-7-16(18)20(15)29-19/h2-10,13H,12H2,1H3,(H,24,25)/t13-/m0/s1. The summed E-state index contributed by atoms with van der Waals surface area (Å²) in [4.78, 5) is 26.4. The van der Waals surface area contributed by atoms with Gasteiger partial charge >= 0.3 is 5.97 Å². The number of thiophene rings is 1. The van der Waals surface area contributed by atoms with Gasteiger partial charge in [-0.1, -0.05) is 24.3 Å². The van der Waals surface area contributed by atoms with Crippen LogP contribution in [-0.2, 0) is 16.1 Å². The number of hydrogen-bond acceptors (Lipinski definition) is 6. The minimum atomic E-state index is -1.02. The fraction of sp³-hybridized carbons (Fsp3) is 0.136. The van der Waals surface area contributed by atoms with Crippen molar-refractivity contribution >= 4 is 28.9 Å². The lowest BCUT2D eigenvalue weighted by atomic mass is 10.1. The van der Waals surface area contributed by atoms with Crippen LogP contribution in [0.1, 0.15) is 27.7 Å². The largest absolute Gasteiger partial charge is 0.488 e. The van der Waals surface area contributed by atoms with Crippen LogP contribution < -0.4 is 10.1 Å². The molecule has 2 heterocycles. The summed E-state index contributed by atoms with van der Waals surface area (Å²) in [6.07, 6.45) is -1.02. The Balaban J connectivity index is 1.47. The molecule has 1 atom stereocenters. The van der Waals surface area contributed by atoms with E-state index in [1.807, 2.05) is 30.3 Å². The first kappa shape index (κ1) is 18.7. The normalized spacial score (nSPS) is 12.6. The van der Waals surface area contributed by atoms with E-state index in [1.54, 1.807) is 30.3 Å². The van der Waals surface area contributed by atoms with Crippen molar-refractivity contribution in [2.75, 3.05) is 5.32 Å². The number of rotatable bonds is 4. The predicted octanol–water partition coefficient (Wildman–Crippen LogP) is 4.36. The Morgan fingerprint density at radius 2 is 1.97 bits per heavy atom. The van der Waals surface area contributed by atoms with Gasteiger partial charge in [-0.2, -0.15) is 5.26 Å². The van der Waals surface area contributed by atoms with Gasteiger partial charge in [0.05, 0.1) is 11.3 Å². The molecule has 0 unspecified atom stereocenters. The highest BCUT2D eigenvalue weighted by Crippen LogP contribution is 2.42. The number of hydrogen-bond donors (Lipinski definition) is 1. The Bertz CT molecular complexity index is 1150. The van der Waals surface area contributed by atoms with Gasteiger partial charge in [0.2, 0.25) is 0 Å². The number of nitriles is 1. The summed E-state index contributed by atoms with van der Waals surface area (Å²) in [6.45, 7) is 1.88. The number of carbonyl (C=O) groups is 2. The Hall–Kier alpha value is -3.63. The van der Waals surface area contributed by atoms with Crippen LogP contribution in [0.5, 0.6) is 5.75 Å². The second kappa shape index (κ2) is 7.78. The lowest BCUT2D eigenvalue weighted by Gasteiger charge is -2.16. The zero-order valence-corrected chi connectivity index (χ0v) is 16.3. The van der Waals surface area contributed by atoms with Gasteiger partial charge < -0.3 is 14.8 Å². The number of nitrogens with zero attached hydrogens (tertiary/aromatic N) is 1. The zero-order valence-electron chi connectivity index (χ0n) is 15.5. The van der Waals surface area contributed by atoms with Gasteiger partial charge in [-0.3, -0.25) is 4.79 Å². The summed E-state index contributed by atoms with van der Waals surface area (Å²) < 4.78 is 11.1. The summed E-state index contributed by atoms with van der Waals surface area (Å²) in [5, 5.41) is 11.7. The maximum Gasteiger partial charge on any atom is 0.349 e. The molecule has 144 valence electrons. The van der Waals surface area contributed by atoms with Crippen molar-refractivity contribution in [1.29, 1.82) is 5.26 Å². The molecule has 29 heavy (non-hydrogen) atoms. The minimum absolute atomic E-state index is 0.337. The molecule has 1 aliphatic heterocycles. The summed E-state index contributed by atoms with van der Waals surface area (Å²) in [5.41, 5.74) is 2.57. The topological polar surface area (TPSA) is 88.4 Å². The Labute approximate surface area is 171 Å². The van der Waals surface area contributed by atoms with Crippen molar-refractivity contribution in [3.63, 3.8) is 0 Å². The van der Waals surface area contributed by atoms with Crippen molar-refractivity contribution in [1.82, 2.24) is 0 Å². The van der Waals surface area contributed by atoms with Crippen LogP contribution in [0.4, 0.5) is 5.69 Å². The van der Waals surface area contributed by atoms with Crippen LogP contribution >= 0.6 is 11.3 Å². The second-order valence-electron chi connectivity index (χ2n) is 6.44. The molecule has 7 heteroatoms. The van der Waals surface area contributed by atoms with Crippen LogP contribution in [0.15, 0.2) is 54.6 Å². The summed E-state index contributed by atoms with van der Waals surface area (Å²) in [5.74, 6) is -0.292. The molecule has 0 saturated carbocycles. The fourth-order valence-corrected chi connectivity index (χ4v) is 4.08. The van der Waals surface area contributed by atoms with Gasteiger partial charge in [-0.25, -0.2) is 4.79 Å². The van der Waals surface area contributed by atoms with Crippen LogP contribution in [0.3, 0.4) is 0 Å². The quantitative estimate of drug-likeness (QED) is 0.653. The SMILES string of the molecule is C[C@H](OC(=O)c1cc2c(s1)-c1ccccc1OC2)C(=O)Nc1ccccc1C#N. The molecule has 0 bridgehead atoms. The van der Waals surface area contributed by atoms with E-state index in [9.17, 15) is 9.59 Å². The van der Waals surface area contributed by atoms with E-state index in [-0.39, 0.29) is 0 Å². The third-order valence-electron chi connectivity index (χ3n) is 4.48. The number of anilines is 1. The first-order valence-electron chi connectivity index (χ1n) is 8.92. The molecular weight excluding hydrogens is 388 g/mol. The lowest BCUT2D eigenvalue weighted by molar-refractivity contribution is -0.123. The summed E-state index contributed by atoms with van der Waals surface area (Å²) >= 11 is 1.32. The predicted molar refractivity (Wildman–Crippen MR) is 109 cm³/mol. The first-order chi connectivity index (χ1) is 14.1. The molecule has 0 aliphatic carbocycles. The average Bonchev–Trinajstić information content (AvgIpc) is 3.19. The molecule has 1 N–H and O–H groups in total. The second-order valence-corrected chi connectivity index (χ2v) is 7.50. The fourth-order valence-electron chi connectivity index (χ4n) is 3.00. The molecule has 2 aromatic carbocycles. The highest BCUT2D eigenvalue weighted by Gasteiger charge is 2.25. The molecule has 1 amide bonds. The van der Waals surface area contributed by atoms with Gasteiger partial charge in [0, 0.05) is 16.0 Å². The number of esters is 1. The van der Waals surface area contributed by atoms with Crippen LogP contribution in [-0.4, -0.2) is 18.0 Å². The Morgan fingerprint density at radius 1 is 1.21 bits per heavy atom. The number of benzene rings is 2. The Kier molecular flexibility index (Phi) is 5.02. The first-order valence-corrected chi connectivity index (χ1v) is 9.74. The summed E-state index contributed by atoms with van der Waals surface area (Å²) in [7, 11) is 0. The minimum Gasteiger partial charge on any atom is -0.488 e. The van der Waals surface area contributed by atoms with Crippen LogP contribution in [0.25, 0.3) is 10.4 Å². The van der Waals surface area contributed by atoms with Gasteiger partial charge in [0.25, 0.3) is 5.91 Å². The molecule has 1 aliphatic rings. The number of carbonyl (C=O) groups excluding carboxylic acids is 2. The van der Waals surface area contributed by atoms with E-state index in [2.05, 4.69) is 5.32 Å². The van der Waals surface area contributed by atoms with Crippen LogP contribution in [0.2, 0.25) is 0 Å². The van der Waals surface area contributed by atoms with E-state index in [0.717, 1.165) is 21.8 Å². The van der Waals surface area contributed by atoms with Crippen molar-refractivity contribution in [2.45, 2.75) is 19.6 Å². The third kappa shape index (κ3) is 3.71. The highest BCUT2D eigenvalue weighted by atomic mass is 32.1. The number of fused-ring (bicyclic) bond motifs is 3. The third-order valence-corrected chi connectivity index (χ3v) is 5.67. The molecule has 0 fully saturated rings. The van der Waals surface area contributed by atoms with Gasteiger partial charge in [-0.15, -0.1) is 11.3 Å². The number of para-hydroxylation sites is 2. The van der Waals surface area contributed by atoms with Crippen LogP contribution in [0, 0.1) is 11.3 Å². The molecular formula is C22H16N2O4S. The molecule has 1 aromatic heterocycles. The van der Waals surface area contributed by atoms with Crippen molar-refractivity contribution in [3.8, 4) is 22.3 Å². The molecule has 6 nitrogen and oxygen atoms in total. The van der Waals surface area contributed by atoms with Gasteiger partial charge in [0.15, 0.2) is 6.10 Å². The number of ether oxygens (including phenoxy) is 2. The lowest BCUT2D eigenvalue weighted by Crippen LogP contribution is -2.30. The highest BCUT2D eigenvalue weighted by molar-refractivity contribution is 7.17. The van der Waals surface area contributed by atoms with Crippen molar-refractivity contribution < 1.29 is 19.1 Å². The van der Waals surface area contributed by atoms with Gasteiger partial charge in [-0.05, 0) is 37.3 Å². The molecule has 3 aromatic rings. The van der Waals surface area contributed by atoms with Crippen molar-refractivity contribution in [2.24, 2.45) is 0 Å². The maximum atomic E-state index is 12.6. The smallest absolute Gasteiger partial charge is 0.349 e. The maximum absolute atomic E-state index is 12.6. The monoisotopic (exact) mass is 404 g/mol. The van der Waals surface area contributed by atoms with E-state index in [1.165, 1.54) is 18.3 Å². The Morgan fingerprint density at radius 3 is 2.79 bits per heavy atom. The van der Waals surface area contributed by atoms with E-state index in [0.29, 0.717) is 22.7 Å². The number of amides is 1. The molecule has 4 rings (SSSR count). The molecule has 0 saturated heterocycles. The molecule has 0 radical (unpaired) electrons. The number of nitrogens with one attached hydrogen (secondary N) is 1. The van der Waals surface area contributed by atoms with Crippen molar-refractivity contribution in [3.05, 3.63) is 70.6 Å². The summed E-state index contributed by atoms with van der Waals surface area (Å²) in [6, 6.07) is 18.0. The van der Waals surface area contributed by atoms with Gasteiger partial charge in [0.1, 0.15) is 23.3 Å².